The van der Waals surface area contributed by atoms with Crippen LogP contribution in [0.4, 0.5) is 0 Å². The third-order valence-corrected chi connectivity index (χ3v) is 2.95. The smallest absolute Gasteiger partial charge is 0.00144 e. The highest BCUT2D eigenvalue weighted by Crippen LogP contribution is 2.23. The van der Waals surface area contributed by atoms with Crippen molar-refractivity contribution in [3.05, 3.63) is 34.5 Å². The summed E-state index contributed by atoms with van der Waals surface area (Å²) in [6.45, 7) is 4.46. The average Bonchev–Trinajstić information content (AvgIpc) is 2.49. The van der Waals surface area contributed by atoms with Gasteiger partial charge in [-0.1, -0.05) is 32.0 Å². The lowest BCUT2D eigenvalue weighted by Gasteiger charge is -2.03. The van der Waals surface area contributed by atoms with E-state index in [1.54, 1.807) is 11.3 Å². The summed E-state index contributed by atoms with van der Waals surface area (Å²) in [6, 6.07) is 6.72. The van der Waals surface area contributed by atoms with Gasteiger partial charge in [0.05, 0.1) is 0 Å². The molecule has 2 aromatic rings. The average molecular weight is 176 g/mol. The second kappa shape index (κ2) is 2.91. The van der Waals surface area contributed by atoms with Crippen LogP contribution in [0.1, 0.15) is 25.3 Å². The monoisotopic (exact) mass is 176 g/mol. The molecule has 1 aromatic carbocycles. The van der Waals surface area contributed by atoms with Gasteiger partial charge in [0.15, 0.2) is 0 Å². The molecule has 1 heteroatoms. The molecule has 0 saturated heterocycles. The van der Waals surface area contributed by atoms with Gasteiger partial charge in [-0.2, -0.15) is 11.3 Å². The number of benzene rings is 1. The maximum absolute atomic E-state index is 2.29. The van der Waals surface area contributed by atoms with Gasteiger partial charge in [0.1, 0.15) is 0 Å². The summed E-state index contributed by atoms with van der Waals surface area (Å²) >= 11 is 1.77. The van der Waals surface area contributed by atoms with E-state index < -0.39 is 0 Å². The Morgan fingerprint density at radius 3 is 2.58 bits per heavy atom. The summed E-state index contributed by atoms with van der Waals surface area (Å²) in [6.07, 6.45) is 0. The van der Waals surface area contributed by atoms with Crippen LogP contribution in [0.25, 0.3) is 10.8 Å². The van der Waals surface area contributed by atoms with Crippen LogP contribution in [-0.4, -0.2) is 0 Å². The quantitative estimate of drug-likeness (QED) is 0.615. The summed E-state index contributed by atoms with van der Waals surface area (Å²) in [5.74, 6) is 0.634. The fourth-order valence-corrected chi connectivity index (χ4v) is 2.12. The maximum atomic E-state index is 2.29. The second-order valence-electron chi connectivity index (χ2n) is 3.41. The molecular weight excluding hydrogens is 164 g/mol. The first-order chi connectivity index (χ1) is 5.77. The first-order valence-corrected chi connectivity index (χ1v) is 5.17. The van der Waals surface area contributed by atoms with Crippen molar-refractivity contribution in [2.75, 3.05) is 0 Å². The molecule has 0 nitrogen and oxygen atoms in total. The van der Waals surface area contributed by atoms with Crippen LogP contribution in [-0.2, 0) is 0 Å². The van der Waals surface area contributed by atoms with Gasteiger partial charge in [0.25, 0.3) is 0 Å². The van der Waals surface area contributed by atoms with Crippen molar-refractivity contribution in [3.63, 3.8) is 0 Å². The highest BCUT2D eigenvalue weighted by molar-refractivity contribution is 7.09. The predicted molar refractivity (Wildman–Crippen MR) is 55.9 cm³/mol. The topological polar surface area (TPSA) is 0 Å². The largest absolute Gasteiger partial charge is 0.151 e. The van der Waals surface area contributed by atoms with Crippen LogP contribution >= 0.6 is 11.3 Å². The van der Waals surface area contributed by atoms with Crippen LogP contribution in [0, 0.1) is 0 Å². The molecule has 0 radical (unpaired) electrons. The normalized spacial score (nSPS) is 11.2. The molecular formula is C11H12S. The molecule has 0 aliphatic carbocycles. The van der Waals surface area contributed by atoms with Gasteiger partial charge < -0.3 is 0 Å². The molecule has 0 aliphatic rings. The van der Waals surface area contributed by atoms with Gasteiger partial charge >= 0.3 is 0 Å². The molecule has 0 spiro atoms. The van der Waals surface area contributed by atoms with Crippen molar-refractivity contribution >= 4 is 22.1 Å². The third-order valence-electron chi connectivity index (χ3n) is 2.17. The van der Waals surface area contributed by atoms with E-state index in [1.165, 1.54) is 16.3 Å². The molecule has 0 atom stereocenters. The number of fused-ring (bicyclic) bond motifs is 1. The van der Waals surface area contributed by atoms with E-state index in [1.807, 2.05) is 0 Å². The number of thiophene rings is 1. The minimum atomic E-state index is 0.634. The van der Waals surface area contributed by atoms with E-state index in [4.69, 9.17) is 0 Å². The second-order valence-corrected chi connectivity index (χ2v) is 4.16. The minimum absolute atomic E-state index is 0.634. The van der Waals surface area contributed by atoms with Crippen LogP contribution in [0.15, 0.2) is 29.0 Å². The Bertz CT molecular complexity index is 385. The number of hydrogen-bond acceptors (Lipinski definition) is 1. The van der Waals surface area contributed by atoms with Crippen molar-refractivity contribution in [1.82, 2.24) is 0 Å². The zero-order chi connectivity index (χ0) is 8.55. The van der Waals surface area contributed by atoms with Crippen LogP contribution in [0.2, 0.25) is 0 Å². The van der Waals surface area contributed by atoms with E-state index in [0.717, 1.165) is 0 Å². The van der Waals surface area contributed by atoms with E-state index >= 15 is 0 Å². The molecule has 1 heterocycles. The summed E-state index contributed by atoms with van der Waals surface area (Å²) in [7, 11) is 0. The molecule has 0 aliphatic heterocycles. The fourth-order valence-electron chi connectivity index (χ4n) is 1.34. The van der Waals surface area contributed by atoms with Crippen molar-refractivity contribution < 1.29 is 0 Å². The van der Waals surface area contributed by atoms with E-state index in [-0.39, 0.29) is 0 Å². The zero-order valence-electron chi connectivity index (χ0n) is 7.37. The SMILES string of the molecule is CC(C)c1ccc2cscc2c1. The number of hydrogen-bond donors (Lipinski definition) is 0. The van der Waals surface area contributed by atoms with Gasteiger partial charge in [0.2, 0.25) is 0 Å². The molecule has 0 fully saturated rings. The standard InChI is InChI=1S/C11H12S/c1-8(2)9-3-4-10-6-12-7-11(10)5-9/h3-8H,1-2H3. The number of rotatable bonds is 1. The van der Waals surface area contributed by atoms with Gasteiger partial charge in [-0.05, 0) is 33.0 Å². The Hall–Kier alpha value is -0.820. The van der Waals surface area contributed by atoms with Gasteiger partial charge in [-0.3, -0.25) is 0 Å². The summed E-state index contributed by atoms with van der Waals surface area (Å²) in [5, 5.41) is 7.15. The highest BCUT2D eigenvalue weighted by Gasteiger charge is 2.00. The van der Waals surface area contributed by atoms with Crippen LogP contribution < -0.4 is 0 Å². The Morgan fingerprint density at radius 1 is 1.08 bits per heavy atom. The molecule has 2 rings (SSSR count). The lowest BCUT2D eigenvalue weighted by atomic mass is 10.0. The van der Waals surface area contributed by atoms with Crippen molar-refractivity contribution in [3.8, 4) is 0 Å². The summed E-state index contributed by atoms with van der Waals surface area (Å²) < 4.78 is 0. The molecule has 62 valence electrons. The molecule has 0 N–H and O–H groups in total. The lowest BCUT2D eigenvalue weighted by Crippen LogP contribution is -1.84. The fraction of sp³-hybridized carbons (Fsp3) is 0.273. The Labute approximate surface area is 76.8 Å². The van der Waals surface area contributed by atoms with Gasteiger partial charge in [-0.25, -0.2) is 0 Å². The van der Waals surface area contributed by atoms with Crippen molar-refractivity contribution in [1.29, 1.82) is 0 Å². The van der Waals surface area contributed by atoms with Gasteiger partial charge in [-0.15, -0.1) is 0 Å². The molecule has 0 unspecified atom stereocenters. The summed E-state index contributed by atoms with van der Waals surface area (Å²) in [4.78, 5) is 0. The first-order valence-electron chi connectivity index (χ1n) is 4.23. The molecule has 12 heavy (non-hydrogen) atoms. The van der Waals surface area contributed by atoms with Crippen molar-refractivity contribution in [2.45, 2.75) is 19.8 Å². The molecule has 0 saturated carbocycles. The maximum Gasteiger partial charge on any atom is -0.00144 e. The van der Waals surface area contributed by atoms with Crippen LogP contribution in [0.3, 0.4) is 0 Å². The summed E-state index contributed by atoms with van der Waals surface area (Å²) in [5.41, 5.74) is 1.43. The first kappa shape index (κ1) is 7.81. The minimum Gasteiger partial charge on any atom is -0.151 e. The third kappa shape index (κ3) is 1.25. The molecule has 1 aromatic heterocycles. The highest BCUT2D eigenvalue weighted by atomic mass is 32.1. The molecule has 0 bridgehead atoms. The van der Waals surface area contributed by atoms with E-state index in [0.29, 0.717) is 5.92 Å². The Morgan fingerprint density at radius 2 is 1.83 bits per heavy atom. The van der Waals surface area contributed by atoms with E-state index in [2.05, 4.69) is 42.8 Å². The van der Waals surface area contributed by atoms with Gasteiger partial charge in [0, 0.05) is 0 Å². The molecule has 0 amide bonds. The predicted octanol–water partition coefficient (Wildman–Crippen LogP) is 4.02. The Balaban J connectivity index is 2.60. The van der Waals surface area contributed by atoms with Crippen LogP contribution in [0.5, 0.6) is 0 Å². The van der Waals surface area contributed by atoms with Crippen molar-refractivity contribution in [2.24, 2.45) is 0 Å². The van der Waals surface area contributed by atoms with E-state index in [9.17, 15) is 0 Å². The Kier molecular flexibility index (Phi) is 1.89. The lowest BCUT2D eigenvalue weighted by molar-refractivity contribution is 0.869. The zero-order valence-corrected chi connectivity index (χ0v) is 8.19.